The molecule has 4 nitrogen and oxygen atoms in total. The Hall–Kier alpha value is -2.07. The van der Waals surface area contributed by atoms with Crippen LogP contribution in [0.25, 0.3) is 10.8 Å². The van der Waals surface area contributed by atoms with E-state index >= 15 is 0 Å². The monoisotopic (exact) mass is 451 g/mol. The molecule has 0 bridgehead atoms. The van der Waals surface area contributed by atoms with Crippen molar-refractivity contribution in [3.8, 4) is 5.75 Å². The number of rotatable bonds is 9. The first-order valence-electron chi connectivity index (χ1n) is 12.9. The SMILES string of the molecule is CCCOC(=O)C1(CNCc2ccc3cc(OC4CCC(C(C)(C)C)CC4)ccc3c2)CC1. The Kier molecular flexibility index (Phi) is 7.33. The van der Waals surface area contributed by atoms with E-state index in [0.29, 0.717) is 24.7 Å². The zero-order valence-electron chi connectivity index (χ0n) is 20.9. The van der Waals surface area contributed by atoms with Crippen molar-refractivity contribution < 1.29 is 14.3 Å². The van der Waals surface area contributed by atoms with Gasteiger partial charge in [-0.05, 0) is 90.8 Å². The highest BCUT2D eigenvalue weighted by Crippen LogP contribution is 2.46. The third-order valence-corrected chi connectivity index (χ3v) is 7.59. The standard InChI is InChI=1S/C29H41NO3/c1-5-16-32-27(31)29(14-15-29)20-30-19-21-6-7-23-18-26(11-8-22(23)17-21)33-25-12-9-24(10-13-25)28(2,3)4/h6-8,11,17-18,24-25,30H,5,9-10,12-16,19-20H2,1-4H3. The molecule has 0 atom stereocenters. The molecule has 180 valence electrons. The summed E-state index contributed by atoms with van der Waals surface area (Å²) in [5, 5.41) is 5.91. The Morgan fingerprint density at radius 1 is 1.03 bits per heavy atom. The molecule has 2 aliphatic rings. The molecule has 0 heterocycles. The Labute approximate surface area is 199 Å². The molecule has 2 aromatic rings. The van der Waals surface area contributed by atoms with E-state index in [1.807, 2.05) is 6.92 Å². The maximum absolute atomic E-state index is 12.3. The molecule has 2 aromatic carbocycles. The van der Waals surface area contributed by atoms with Crippen molar-refractivity contribution in [1.29, 1.82) is 0 Å². The highest BCUT2D eigenvalue weighted by molar-refractivity contribution is 5.84. The highest BCUT2D eigenvalue weighted by Gasteiger charge is 2.50. The summed E-state index contributed by atoms with van der Waals surface area (Å²) in [6.07, 6.45) is 7.89. The van der Waals surface area contributed by atoms with Gasteiger partial charge in [0, 0.05) is 13.1 Å². The Morgan fingerprint density at radius 2 is 1.73 bits per heavy atom. The number of ether oxygens (including phenoxy) is 2. The van der Waals surface area contributed by atoms with Gasteiger partial charge in [-0.25, -0.2) is 0 Å². The van der Waals surface area contributed by atoms with E-state index in [9.17, 15) is 4.79 Å². The molecule has 2 saturated carbocycles. The molecule has 0 radical (unpaired) electrons. The normalized spacial score (nSPS) is 22.2. The Morgan fingerprint density at radius 3 is 2.39 bits per heavy atom. The maximum atomic E-state index is 12.3. The van der Waals surface area contributed by atoms with E-state index in [-0.39, 0.29) is 11.4 Å². The van der Waals surface area contributed by atoms with E-state index in [0.717, 1.165) is 50.3 Å². The minimum absolute atomic E-state index is 0.0326. The number of carbonyl (C=O) groups excluding carboxylic acids is 1. The van der Waals surface area contributed by atoms with Crippen LogP contribution in [-0.4, -0.2) is 25.2 Å². The second kappa shape index (κ2) is 10.0. The van der Waals surface area contributed by atoms with Crippen LogP contribution in [0.3, 0.4) is 0 Å². The Bertz CT molecular complexity index is 949. The van der Waals surface area contributed by atoms with Gasteiger partial charge >= 0.3 is 5.97 Å². The van der Waals surface area contributed by atoms with Crippen LogP contribution in [-0.2, 0) is 16.1 Å². The van der Waals surface area contributed by atoms with Crippen LogP contribution in [0.1, 0.15) is 78.2 Å². The molecule has 0 amide bonds. The first-order chi connectivity index (χ1) is 15.8. The fraction of sp³-hybridized carbons (Fsp3) is 0.621. The van der Waals surface area contributed by atoms with E-state index in [4.69, 9.17) is 9.47 Å². The molecule has 4 rings (SSSR count). The lowest BCUT2D eigenvalue weighted by molar-refractivity contribution is -0.150. The molecule has 0 unspecified atom stereocenters. The molecule has 4 heteroatoms. The minimum Gasteiger partial charge on any atom is -0.490 e. The van der Waals surface area contributed by atoms with Gasteiger partial charge in [0.05, 0.1) is 18.1 Å². The van der Waals surface area contributed by atoms with Gasteiger partial charge in [0.1, 0.15) is 5.75 Å². The van der Waals surface area contributed by atoms with Crippen molar-refractivity contribution in [2.24, 2.45) is 16.7 Å². The van der Waals surface area contributed by atoms with Crippen molar-refractivity contribution >= 4 is 16.7 Å². The molecule has 0 aliphatic heterocycles. The van der Waals surface area contributed by atoms with Gasteiger partial charge in [0.2, 0.25) is 0 Å². The lowest BCUT2D eigenvalue weighted by Crippen LogP contribution is -2.31. The van der Waals surface area contributed by atoms with Crippen LogP contribution in [0.2, 0.25) is 0 Å². The number of nitrogens with one attached hydrogen (secondary N) is 1. The van der Waals surface area contributed by atoms with E-state index in [1.165, 1.54) is 29.2 Å². The van der Waals surface area contributed by atoms with Gasteiger partial charge in [-0.3, -0.25) is 4.79 Å². The summed E-state index contributed by atoms with van der Waals surface area (Å²) >= 11 is 0. The molecular weight excluding hydrogens is 410 g/mol. The van der Waals surface area contributed by atoms with Gasteiger partial charge in [-0.15, -0.1) is 0 Å². The largest absolute Gasteiger partial charge is 0.490 e. The third kappa shape index (κ3) is 6.09. The van der Waals surface area contributed by atoms with Crippen molar-refractivity contribution in [2.45, 2.75) is 85.3 Å². The van der Waals surface area contributed by atoms with Crippen molar-refractivity contribution in [3.05, 3.63) is 42.0 Å². The summed E-state index contributed by atoms with van der Waals surface area (Å²) < 4.78 is 11.7. The quantitative estimate of drug-likeness (QED) is 0.434. The van der Waals surface area contributed by atoms with Crippen molar-refractivity contribution in [3.63, 3.8) is 0 Å². The molecule has 0 saturated heterocycles. The van der Waals surface area contributed by atoms with E-state index in [2.05, 4.69) is 62.5 Å². The van der Waals surface area contributed by atoms with Crippen LogP contribution >= 0.6 is 0 Å². The zero-order chi connectivity index (χ0) is 23.5. The van der Waals surface area contributed by atoms with Crippen LogP contribution in [0.4, 0.5) is 0 Å². The Balaban J connectivity index is 1.29. The molecule has 2 fully saturated rings. The first kappa shape index (κ1) is 24.1. The lowest BCUT2D eigenvalue weighted by Gasteiger charge is -2.37. The first-order valence-corrected chi connectivity index (χ1v) is 12.9. The van der Waals surface area contributed by atoms with Gasteiger partial charge in [-0.1, -0.05) is 45.9 Å². The lowest BCUT2D eigenvalue weighted by atomic mass is 9.72. The molecule has 2 aliphatic carbocycles. The predicted molar refractivity (Wildman–Crippen MR) is 134 cm³/mol. The summed E-state index contributed by atoms with van der Waals surface area (Å²) in [6, 6.07) is 13.0. The molecule has 1 N–H and O–H groups in total. The second-order valence-electron chi connectivity index (χ2n) is 11.3. The fourth-order valence-corrected chi connectivity index (χ4v) is 5.09. The molecule has 33 heavy (non-hydrogen) atoms. The number of esters is 1. The smallest absolute Gasteiger partial charge is 0.313 e. The number of hydrogen-bond donors (Lipinski definition) is 1. The highest BCUT2D eigenvalue weighted by atomic mass is 16.5. The van der Waals surface area contributed by atoms with Crippen molar-refractivity contribution in [2.75, 3.05) is 13.2 Å². The minimum atomic E-state index is -0.287. The van der Waals surface area contributed by atoms with Gasteiger partial charge in [-0.2, -0.15) is 0 Å². The van der Waals surface area contributed by atoms with Gasteiger partial charge in [0.15, 0.2) is 0 Å². The number of fused-ring (bicyclic) bond motifs is 1. The number of hydrogen-bond acceptors (Lipinski definition) is 4. The number of carbonyl (C=O) groups is 1. The van der Waals surface area contributed by atoms with Crippen LogP contribution in [0.15, 0.2) is 36.4 Å². The summed E-state index contributed by atoms with van der Waals surface area (Å²) in [5.41, 5.74) is 1.34. The van der Waals surface area contributed by atoms with Gasteiger partial charge < -0.3 is 14.8 Å². The van der Waals surface area contributed by atoms with Gasteiger partial charge in [0.25, 0.3) is 0 Å². The summed E-state index contributed by atoms with van der Waals surface area (Å²) in [5.74, 6) is 1.75. The summed E-state index contributed by atoms with van der Waals surface area (Å²) in [7, 11) is 0. The summed E-state index contributed by atoms with van der Waals surface area (Å²) in [6.45, 7) is 11.1. The second-order valence-corrected chi connectivity index (χ2v) is 11.3. The average molecular weight is 452 g/mol. The summed E-state index contributed by atoms with van der Waals surface area (Å²) in [4.78, 5) is 12.3. The molecule has 0 aromatic heterocycles. The van der Waals surface area contributed by atoms with Crippen LogP contribution in [0, 0.1) is 16.7 Å². The predicted octanol–water partition coefficient (Wildman–Crippen LogP) is 6.65. The topological polar surface area (TPSA) is 47.6 Å². The van der Waals surface area contributed by atoms with Crippen LogP contribution < -0.4 is 10.1 Å². The van der Waals surface area contributed by atoms with Crippen molar-refractivity contribution in [1.82, 2.24) is 5.32 Å². The molecule has 0 spiro atoms. The fourth-order valence-electron chi connectivity index (χ4n) is 5.09. The van der Waals surface area contributed by atoms with E-state index < -0.39 is 0 Å². The van der Waals surface area contributed by atoms with E-state index in [1.54, 1.807) is 0 Å². The van der Waals surface area contributed by atoms with Crippen LogP contribution in [0.5, 0.6) is 5.75 Å². The zero-order valence-corrected chi connectivity index (χ0v) is 20.9. The number of benzene rings is 2. The maximum Gasteiger partial charge on any atom is 0.313 e. The molecular formula is C29H41NO3. The third-order valence-electron chi connectivity index (χ3n) is 7.59. The average Bonchev–Trinajstić information content (AvgIpc) is 3.58.